The number of methoxy groups -OCH3 is 2. The molecule has 0 aliphatic heterocycles. The highest BCUT2D eigenvalue weighted by Gasteiger charge is 2.29. The lowest BCUT2D eigenvalue weighted by Gasteiger charge is -2.15. The molecule has 0 amide bonds. The zero-order valence-electron chi connectivity index (χ0n) is 17.6. The molecule has 5 rings (SSSR count). The SMILES string of the molecule is COc1ccc(Cn2cc3c(c2-c2ccc(OC)cc2)CCc2c(CO)noc2-3)cc1. The molecule has 0 spiro atoms. The molecule has 0 atom stereocenters. The summed E-state index contributed by atoms with van der Waals surface area (Å²) in [6.07, 6.45) is 3.81. The van der Waals surface area contributed by atoms with Crippen LogP contribution in [0.4, 0.5) is 0 Å². The zero-order valence-corrected chi connectivity index (χ0v) is 17.6. The topological polar surface area (TPSA) is 69.7 Å². The first-order valence-corrected chi connectivity index (χ1v) is 10.3. The van der Waals surface area contributed by atoms with Crippen molar-refractivity contribution in [1.29, 1.82) is 0 Å². The molecule has 2 aromatic heterocycles. The van der Waals surface area contributed by atoms with Crippen LogP contribution in [0.3, 0.4) is 0 Å². The van der Waals surface area contributed by atoms with Gasteiger partial charge in [-0.1, -0.05) is 17.3 Å². The summed E-state index contributed by atoms with van der Waals surface area (Å²) in [5.74, 6) is 2.44. The van der Waals surface area contributed by atoms with Gasteiger partial charge in [0.05, 0.1) is 26.5 Å². The third-order valence-corrected chi connectivity index (χ3v) is 5.95. The van der Waals surface area contributed by atoms with Gasteiger partial charge < -0.3 is 23.7 Å². The van der Waals surface area contributed by atoms with Gasteiger partial charge in [0.25, 0.3) is 0 Å². The van der Waals surface area contributed by atoms with E-state index in [4.69, 9.17) is 14.0 Å². The lowest BCUT2D eigenvalue weighted by atomic mass is 9.90. The number of nitrogens with zero attached hydrogens (tertiary/aromatic N) is 2. The maximum atomic E-state index is 9.61. The van der Waals surface area contributed by atoms with Crippen molar-refractivity contribution >= 4 is 0 Å². The Labute approximate surface area is 180 Å². The number of ether oxygens (including phenoxy) is 2. The van der Waals surface area contributed by atoms with Gasteiger partial charge in [0.1, 0.15) is 17.2 Å². The van der Waals surface area contributed by atoms with Crippen LogP contribution in [-0.2, 0) is 26.0 Å². The summed E-state index contributed by atoms with van der Waals surface area (Å²) in [4.78, 5) is 0. The number of hydrogen-bond acceptors (Lipinski definition) is 5. The van der Waals surface area contributed by atoms with Gasteiger partial charge in [-0.15, -0.1) is 0 Å². The maximum Gasteiger partial charge on any atom is 0.172 e. The summed E-state index contributed by atoms with van der Waals surface area (Å²) in [7, 11) is 3.35. The minimum absolute atomic E-state index is 0.105. The number of fused-ring (bicyclic) bond motifs is 3. The molecule has 158 valence electrons. The lowest BCUT2D eigenvalue weighted by molar-refractivity contribution is 0.266. The highest BCUT2D eigenvalue weighted by Crippen LogP contribution is 2.42. The first-order valence-electron chi connectivity index (χ1n) is 10.3. The van der Waals surface area contributed by atoms with Crippen molar-refractivity contribution in [2.75, 3.05) is 14.2 Å². The molecule has 2 aromatic carbocycles. The van der Waals surface area contributed by atoms with Crippen LogP contribution in [0.2, 0.25) is 0 Å². The fraction of sp³-hybridized carbons (Fsp3) is 0.240. The van der Waals surface area contributed by atoms with Crippen LogP contribution in [0.5, 0.6) is 11.5 Å². The molecule has 6 heteroatoms. The van der Waals surface area contributed by atoms with Crippen LogP contribution in [0.15, 0.2) is 59.3 Å². The van der Waals surface area contributed by atoms with Gasteiger partial charge in [0.2, 0.25) is 0 Å². The largest absolute Gasteiger partial charge is 0.497 e. The molecule has 4 aromatic rings. The van der Waals surface area contributed by atoms with E-state index in [0.717, 1.165) is 46.8 Å². The summed E-state index contributed by atoms with van der Waals surface area (Å²) in [6.45, 7) is 0.612. The Morgan fingerprint density at radius 2 is 1.58 bits per heavy atom. The molecular weight excluding hydrogens is 392 g/mol. The molecule has 1 aliphatic carbocycles. The smallest absolute Gasteiger partial charge is 0.172 e. The van der Waals surface area contributed by atoms with Gasteiger partial charge in [-0.05, 0) is 65.9 Å². The third-order valence-electron chi connectivity index (χ3n) is 5.95. The van der Waals surface area contributed by atoms with Gasteiger partial charge in [-0.25, -0.2) is 0 Å². The molecule has 31 heavy (non-hydrogen) atoms. The number of aliphatic hydroxyl groups excluding tert-OH is 1. The first kappa shape index (κ1) is 19.5. The average molecular weight is 416 g/mol. The molecule has 0 bridgehead atoms. The van der Waals surface area contributed by atoms with Gasteiger partial charge in [0.15, 0.2) is 5.76 Å². The molecule has 2 heterocycles. The number of aliphatic hydroxyl groups is 1. The van der Waals surface area contributed by atoms with E-state index < -0.39 is 0 Å². The molecule has 0 unspecified atom stereocenters. The van der Waals surface area contributed by atoms with E-state index in [1.165, 1.54) is 16.8 Å². The van der Waals surface area contributed by atoms with E-state index >= 15 is 0 Å². The number of benzene rings is 2. The van der Waals surface area contributed by atoms with E-state index in [0.29, 0.717) is 12.2 Å². The number of aromatic nitrogens is 2. The molecule has 6 nitrogen and oxygen atoms in total. The van der Waals surface area contributed by atoms with Crippen LogP contribution >= 0.6 is 0 Å². The van der Waals surface area contributed by atoms with Gasteiger partial charge >= 0.3 is 0 Å². The van der Waals surface area contributed by atoms with Crippen molar-refractivity contribution < 1.29 is 19.1 Å². The summed E-state index contributed by atoms with van der Waals surface area (Å²) in [5, 5.41) is 13.7. The predicted octanol–water partition coefficient (Wildman–Crippen LogP) is 4.47. The van der Waals surface area contributed by atoms with Crippen molar-refractivity contribution in [2.45, 2.75) is 26.0 Å². The van der Waals surface area contributed by atoms with Gasteiger partial charge in [-0.3, -0.25) is 0 Å². The van der Waals surface area contributed by atoms with Crippen LogP contribution in [-0.4, -0.2) is 29.0 Å². The van der Waals surface area contributed by atoms with Gasteiger partial charge in [0, 0.05) is 23.9 Å². The standard InChI is InChI=1S/C25H24N2O4/c1-29-18-7-3-16(4-8-18)13-27-14-22-20(11-12-21-23(15-28)26-31-25(21)22)24(27)17-5-9-19(30-2)10-6-17/h3-10,14,28H,11-13,15H2,1-2H3. The van der Waals surface area contributed by atoms with Crippen molar-refractivity contribution in [2.24, 2.45) is 0 Å². The van der Waals surface area contributed by atoms with Crippen molar-refractivity contribution in [3.63, 3.8) is 0 Å². The van der Waals surface area contributed by atoms with Crippen LogP contribution in [0.1, 0.15) is 22.4 Å². The van der Waals surface area contributed by atoms with Crippen LogP contribution in [0, 0.1) is 0 Å². The molecular formula is C25H24N2O4. The van der Waals surface area contributed by atoms with E-state index in [-0.39, 0.29) is 6.61 Å². The average Bonchev–Trinajstić information content (AvgIpc) is 3.40. The predicted molar refractivity (Wildman–Crippen MR) is 117 cm³/mol. The zero-order chi connectivity index (χ0) is 21.4. The molecule has 1 N–H and O–H groups in total. The Hall–Kier alpha value is -3.51. The highest BCUT2D eigenvalue weighted by atomic mass is 16.5. The van der Waals surface area contributed by atoms with Crippen LogP contribution in [0.25, 0.3) is 22.6 Å². The molecule has 0 saturated heterocycles. The van der Waals surface area contributed by atoms with Crippen molar-refractivity contribution in [3.8, 4) is 34.1 Å². The molecule has 1 aliphatic rings. The highest BCUT2D eigenvalue weighted by molar-refractivity contribution is 5.79. The monoisotopic (exact) mass is 416 g/mol. The quantitative estimate of drug-likeness (QED) is 0.502. The Morgan fingerprint density at radius 3 is 2.23 bits per heavy atom. The summed E-state index contributed by atoms with van der Waals surface area (Å²) >= 11 is 0. The van der Waals surface area contributed by atoms with E-state index in [1.54, 1.807) is 14.2 Å². The number of rotatable bonds is 6. The van der Waals surface area contributed by atoms with Gasteiger partial charge in [-0.2, -0.15) is 0 Å². The van der Waals surface area contributed by atoms with Crippen LogP contribution < -0.4 is 9.47 Å². The maximum absolute atomic E-state index is 9.61. The minimum atomic E-state index is -0.105. The minimum Gasteiger partial charge on any atom is -0.497 e. The van der Waals surface area contributed by atoms with Crippen molar-refractivity contribution in [1.82, 2.24) is 9.72 Å². The first-order chi connectivity index (χ1) is 15.2. The van der Waals surface area contributed by atoms with E-state index in [2.05, 4.69) is 40.2 Å². The second kappa shape index (κ2) is 7.96. The van der Waals surface area contributed by atoms with E-state index in [1.807, 2.05) is 24.3 Å². The normalized spacial score (nSPS) is 12.4. The fourth-order valence-corrected chi connectivity index (χ4v) is 4.38. The third kappa shape index (κ3) is 3.39. The molecule has 0 saturated carbocycles. The second-order valence-electron chi connectivity index (χ2n) is 7.67. The number of hydrogen-bond donors (Lipinski definition) is 1. The Kier molecular flexibility index (Phi) is 5.00. The van der Waals surface area contributed by atoms with Crippen molar-refractivity contribution in [3.05, 3.63) is 77.1 Å². The summed E-state index contributed by atoms with van der Waals surface area (Å²) in [5.41, 5.74) is 7.41. The summed E-state index contributed by atoms with van der Waals surface area (Å²) in [6, 6.07) is 16.3. The second-order valence-corrected chi connectivity index (χ2v) is 7.67. The lowest BCUT2D eigenvalue weighted by Crippen LogP contribution is -2.05. The van der Waals surface area contributed by atoms with E-state index in [9.17, 15) is 5.11 Å². The molecule has 0 radical (unpaired) electrons. The Balaban J connectivity index is 1.63. The Morgan fingerprint density at radius 1 is 0.935 bits per heavy atom. The molecule has 0 fully saturated rings. The summed E-state index contributed by atoms with van der Waals surface area (Å²) < 4.78 is 18.6. The fourth-order valence-electron chi connectivity index (χ4n) is 4.38. The Bertz CT molecular complexity index is 1200.